The van der Waals surface area contributed by atoms with Crippen LogP contribution in [0.1, 0.15) is 96.8 Å². The molecular weight excluding hydrogens is 244 g/mol. The highest BCUT2D eigenvalue weighted by molar-refractivity contribution is 4.76. The van der Waals surface area contributed by atoms with Crippen molar-refractivity contribution in [3.63, 3.8) is 0 Å². The second-order valence-electron chi connectivity index (χ2n) is 7.72. The summed E-state index contributed by atoms with van der Waals surface area (Å²) in [5.41, 5.74) is 0. The van der Waals surface area contributed by atoms with Gasteiger partial charge in [-0.15, -0.1) is 0 Å². The van der Waals surface area contributed by atoms with Gasteiger partial charge in [-0.1, -0.05) is 77.6 Å². The fourth-order valence-corrected chi connectivity index (χ4v) is 4.40. The van der Waals surface area contributed by atoms with E-state index in [-0.39, 0.29) is 6.10 Å². The molecule has 2 saturated carbocycles. The molecule has 4 unspecified atom stereocenters. The van der Waals surface area contributed by atoms with E-state index >= 15 is 0 Å². The van der Waals surface area contributed by atoms with Gasteiger partial charge in [0, 0.05) is 0 Å². The molecule has 0 aromatic carbocycles. The first-order chi connectivity index (χ1) is 9.75. The summed E-state index contributed by atoms with van der Waals surface area (Å²) in [5.74, 6) is 2.58. The van der Waals surface area contributed by atoms with Crippen molar-refractivity contribution in [2.24, 2.45) is 17.8 Å². The van der Waals surface area contributed by atoms with E-state index in [1.165, 1.54) is 83.5 Å². The summed E-state index contributed by atoms with van der Waals surface area (Å²) in [5, 5.41) is 10.2. The molecule has 2 aliphatic carbocycles. The third-order valence-corrected chi connectivity index (χ3v) is 5.94. The molecule has 0 spiro atoms. The summed E-state index contributed by atoms with van der Waals surface area (Å²) in [6, 6.07) is 0. The predicted octanol–water partition coefficient (Wildman–Crippen LogP) is 5.70. The number of aliphatic hydroxyl groups is 1. The van der Waals surface area contributed by atoms with Gasteiger partial charge in [0.15, 0.2) is 0 Å². The van der Waals surface area contributed by atoms with Crippen LogP contribution < -0.4 is 0 Å². The lowest BCUT2D eigenvalue weighted by Crippen LogP contribution is -2.17. The molecule has 0 aromatic heterocycles. The maximum atomic E-state index is 10.2. The molecule has 0 aromatic rings. The Balaban J connectivity index is 1.75. The average Bonchev–Trinajstić information content (AvgIpc) is 2.89. The highest BCUT2D eigenvalue weighted by atomic mass is 16.3. The topological polar surface area (TPSA) is 20.2 Å². The molecule has 118 valence electrons. The van der Waals surface area contributed by atoms with Crippen molar-refractivity contribution in [2.75, 3.05) is 0 Å². The van der Waals surface area contributed by atoms with Crippen LogP contribution in [0, 0.1) is 17.8 Å². The van der Waals surface area contributed by atoms with Gasteiger partial charge >= 0.3 is 0 Å². The lowest BCUT2D eigenvalue weighted by Gasteiger charge is -2.19. The molecule has 2 aliphatic rings. The minimum atomic E-state index is -0.0424. The molecule has 2 bridgehead atoms. The van der Waals surface area contributed by atoms with Crippen LogP contribution in [0.5, 0.6) is 0 Å². The Morgan fingerprint density at radius 1 is 0.600 bits per heavy atom. The van der Waals surface area contributed by atoms with Gasteiger partial charge in [-0.25, -0.2) is 0 Å². The zero-order valence-corrected chi connectivity index (χ0v) is 13.7. The number of rotatable bonds is 0. The smallest absolute Gasteiger partial charge is 0.0565 e. The Morgan fingerprint density at radius 3 is 1.80 bits per heavy atom. The number of fused-ring (bicyclic) bond motifs is 2. The van der Waals surface area contributed by atoms with Crippen molar-refractivity contribution in [1.29, 1.82) is 0 Å². The van der Waals surface area contributed by atoms with Crippen molar-refractivity contribution in [1.82, 2.24) is 0 Å². The van der Waals surface area contributed by atoms with Crippen LogP contribution in [0.2, 0.25) is 0 Å². The van der Waals surface area contributed by atoms with Gasteiger partial charge in [0.05, 0.1) is 6.10 Å². The molecular formula is C19H36O. The highest BCUT2D eigenvalue weighted by Crippen LogP contribution is 2.37. The first kappa shape index (κ1) is 16.3. The van der Waals surface area contributed by atoms with Gasteiger partial charge < -0.3 is 5.11 Å². The van der Waals surface area contributed by atoms with E-state index < -0.39 is 0 Å². The zero-order chi connectivity index (χ0) is 14.2. The van der Waals surface area contributed by atoms with Gasteiger partial charge in [-0.3, -0.25) is 0 Å². The molecule has 0 amide bonds. The molecule has 0 saturated heterocycles. The minimum absolute atomic E-state index is 0.0424. The lowest BCUT2D eigenvalue weighted by molar-refractivity contribution is 0.0980. The normalized spacial score (nSPS) is 38.7. The molecule has 20 heavy (non-hydrogen) atoms. The van der Waals surface area contributed by atoms with Crippen LogP contribution >= 0.6 is 0 Å². The molecule has 0 aliphatic heterocycles. The van der Waals surface area contributed by atoms with E-state index in [4.69, 9.17) is 0 Å². The SMILES string of the molecule is CC1CCCCCCCC2CCC(CCCCC1O)C2. The Morgan fingerprint density at radius 2 is 1.10 bits per heavy atom. The van der Waals surface area contributed by atoms with Crippen molar-refractivity contribution >= 4 is 0 Å². The molecule has 0 heterocycles. The number of hydrogen-bond donors (Lipinski definition) is 1. The second kappa shape index (κ2) is 9.07. The molecule has 0 radical (unpaired) electrons. The maximum Gasteiger partial charge on any atom is 0.0565 e. The molecule has 2 rings (SSSR count). The monoisotopic (exact) mass is 280 g/mol. The summed E-state index contributed by atoms with van der Waals surface area (Å²) in [6.45, 7) is 2.25. The first-order valence-corrected chi connectivity index (χ1v) is 9.43. The number of aliphatic hydroxyl groups excluding tert-OH is 1. The van der Waals surface area contributed by atoms with Gasteiger partial charge in [0.1, 0.15) is 0 Å². The number of hydrogen-bond acceptors (Lipinski definition) is 1. The van der Waals surface area contributed by atoms with E-state index in [9.17, 15) is 5.11 Å². The van der Waals surface area contributed by atoms with E-state index in [0.717, 1.165) is 18.3 Å². The van der Waals surface area contributed by atoms with Crippen molar-refractivity contribution < 1.29 is 5.11 Å². The summed E-state index contributed by atoms with van der Waals surface area (Å²) in [6.07, 6.45) is 19.3. The minimum Gasteiger partial charge on any atom is -0.393 e. The zero-order valence-electron chi connectivity index (χ0n) is 13.7. The van der Waals surface area contributed by atoms with Crippen molar-refractivity contribution in [3.05, 3.63) is 0 Å². The molecule has 1 heteroatoms. The summed E-state index contributed by atoms with van der Waals surface area (Å²) >= 11 is 0. The maximum absolute atomic E-state index is 10.2. The summed E-state index contributed by atoms with van der Waals surface area (Å²) in [4.78, 5) is 0. The Hall–Kier alpha value is -0.0400. The third-order valence-electron chi connectivity index (χ3n) is 5.94. The molecule has 4 atom stereocenters. The Bertz CT molecular complexity index is 244. The van der Waals surface area contributed by atoms with E-state index in [1.54, 1.807) is 0 Å². The van der Waals surface area contributed by atoms with Gasteiger partial charge in [0.2, 0.25) is 0 Å². The van der Waals surface area contributed by atoms with Crippen LogP contribution in [-0.2, 0) is 0 Å². The molecule has 1 N–H and O–H groups in total. The quantitative estimate of drug-likeness (QED) is 0.603. The third kappa shape index (κ3) is 5.76. The molecule has 2 fully saturated rings. The van der Waals surface area contributed by atoms with Crippen LogP contribution in [0.25, 0.3) is 0 Å². The fourth-order valence-electron chi connectivity index (χ4n) is 4.40. The van der Waals surface area contributed by atoms with Gasteiger partial charge in [-0.2, -0.15) is 0 Å². The van der Waals surface area contributed by atoms with Crippen molar-refractivity contribution in [2.45, 2.75) is 103 Å². The van der Waals surface area contributed by atoms with Crippen LogP contribution in [-0.4, -0.2) is 11.2 Å². The standard InChI is InChI=1S/C19H36O/c1-16-9-5-3-2-4-6-10-17-13-14-18(15-17)11-7-8-12-19(16)20/h16-20H,2-15H2,1H3. The van der Waals surface area contributed by atoms with Crippen LogP contribution in [0.15, 0.2) is 0 Å². The van der Waals surface area contributed by atoms with Crippen LogP contribution in [0.4, 0.5) is 0 Å². The van der Waals surface area contributed by atoms with E-state index in [1.807, 2.05) is 0 Å². The largest absolute Gasteiger partial charge is 0.393 e. The van der Waals surface area contributed by atoms with Crippen molar-refractivity contribution in [3.8, 4) is 0 Å². The second-order valence-corrected chi connectivity index (χ2v) is 7.72. The highest BCUT2D eigenvalue weighted by Gasteiger charge is 2.24. The predicted molar refractivity (Wildman–Crippen MR) is 86.8 cm³/mol. The first-order valence-electron chi connectivity index (χ1n) is 9.43. The van der Waals surface area contributed by atoms with Gasteiger partial charge in [-0.05, 0) is 37.0 Å². The van der Waals surface area contributed by atoms with E-state index in [2.05, 4.69) is 6.92 Å². The summed E-state index contributed by atoms with van der Waals surface area (Å²) in [7, 11) is 0. The average molecular weight is 280 g/mol. The van der Waals surface area contributed by atoms with Crippen LogP contribution in [0.3, 0.4) is 0 Å². The van der Waals surface area contributed by atoms with Gasteiger partial charge in [0.25, 0.3) is 0 Å². The molecule has 1 nitrogen and oxygen atoms in total. The lowest BCUT2D eigenvalue weighted by atomic mass is 9.91. The van der Waals surface area contributed by atoms with E-state index in [0.29, 0.717) is 5.92 Å². The Kier molecular flexibility index (Phi) is 7.41. The summed E-state index contributed by atoms with van der Waals surface area (Å²) < 4.78 is 0. The Labute approximate surface area is 126 Å². The fraction of sp³-hybridized carbons (Fsp3) is 1.00.